The number of nitrogen functional groups attached to an aromatic ring is 4. The second-order valence-corrected chi connectivity index (χ2v) is 39.1. The molecule has 716 valence electrons. The summed E-state index contributed by atoms with van der Waals surface area (Å²) >= 11 is 0. The fourth-order valence-corrected chi connectivity index (χ4v) is 20.2. The van der Waals surface area contributed by atoms with Gasteiger partial charge in [0, 0.05) is 207 Å². The van der Waals surface area contributed by atoms with Gasteiger partial charge in [0.1, 0.15) is 0 Å². The maximum absolute atomic E-state index is 13.5. The number of carbonyl (C=O) groups excluding carboxylic acids is 4. The number of hydrogen-bond donors (Lipinski definition) is 4. The molecule has 6 heterocycles. The smallest absolute Gasteiger partial charge is 0.168 e. The van der Waals surface area contributed by atoms with Gasteiger partial charge in [-0.25, -0.2) is 0 Å². The third-order valence-corrected chi connectivity index (χ3v) is 28.8. The van der Waals surface area contributed by atoms with E-state index in [-0.39, 0.29) is 42.4 Å². The van der Waals surface area contributed by atoms with E-state index in [9.17, 15) is 19.2 Å². The molecule has 8 N–H and O–H groups in total. The van der Waals surface area contributed by atoms with Gasteiger partial charge < -0.3 is 51.5 Å². The Labute approximate surface area is 827 Å². The van der Waals surface area contributed by atoms with Crippen LogP contribution in [0.15, 0.2) is 292 Å². The fourth-order valence-electron chi connectivity index (χ4n) is 20.2. The largest absolute Gasteiger partial charge is 0.398 e. The lowest BCUT2D eigenvalue weighted by Crippen LogP contribution is -2.38. The second-order valence-electron chi connectivity index (χ2n) is 39.1. The Hall–Kier alpha value is -14.3. The molecule has 0 bridgehead atoms. The summed E-state index contributed by atoms with van der Waals surface area (Å²) in [6.45, 7) is 10.1. The van der Waals surface area contributed by atoms with Crippen molar-refractivity contribution >= 4 is 101 Å². The number of nitrogens with two attached hydrogens (primary N) is 4. The molecule has 16 aromatic rings. The van der Waals surface area contributed by atoms with Crippen LogP contribution in [0.4, 0.5) is 34.1 Å². The number of ether oxygens (including phenoxy) is 3. The number of fused-ring (bicyclic) bond motifs is 4. The molecule has 18 heteroatoms. The van der Waals surface area contributed by atoms with Crippen LogP contribution in [0.1, 0.15) is 186 Å². The van der Waals surface area contributed by atoms with Crippen LogP contribution in [0.2, 0.25) is 0 Å². The molecular formula is C123H127N11O7. The topological polar surface area (TPSA) is 253 Å². The van der Waals surface area contributed by atoms with Gasteiger partial charge in [0.05, 0.1) is 42.1 Å². The van der Waals surface area contributed by atoms with Crippen molar-refractivity contribution in [3.8, 4) is 44.5 Å². The van der Waals surface area contributed by atoms with Crippen molar-refractivity contribution in [2.24, 2.45) is 5.92 Å². The van der Waals surface area contributed by atoms with Crippen LogP contribution < -0.4 is 32.7 Å². The number of aryl methyl sites for hydroxylation is 1. The average molecular weight is 1870 g/mol. The zero-order chi connectivity index (χ0) is 96.8. The number of morpholine rings is 1. The molecule has 6 aliphatic rings. The van der Waals surface area contributed by atoms with Crippen LogP contribution in [0, 0.1) is 5.92 Å². The van der Waals surface area contributed by atoms with Gasteiger partial charge in [-0.1, -0.05) is 176 Å². The summed E-state index contributed by atoms with van der Waals surface area (Å²) in [5.41, 5.74) is 56.1. The summed E-state index contributed by atoms with van der Waals surface area (Å²) in [5.74, 6) is 2.79. The average Bonchev–Trinajstić information content (AvgIpc) is 1.63. The van der Waals surface area contributed by atoms with E-state index in [4.69, 9.17) is 52.1 Å². The summed E-state index contributed by atoms with van der Waals surface area (Å²) in [7, 11) is 5.56. The molecule has 0 amide bonds. The van der Waals surface area contributed by atoms with Gasteiger partial charge in [-0.05, 0) is 294 Å². The van der Waals surface area contributed by atoms with Gasteiger partial charge in [-0.2, -0.15) is 0 Å². The van der Waals surface area contributed by atoms with Gasteiger partial charge in [0.2, 0.25) is 0 Å². The van der Waals surface area contributed by atoms with E-state index in [1.165, 1.54) is 121 Å². The molecule has 12 aromatic carbocycles. The third kappa shape index (κ3) is 23.4. The number of ketones is 4. The van der Waals surface area contributed by atoms with Gasteiger partial charge in [-0.3, -0.25) is 39.0 Å². The first kappa shape index (κ1) is 95.6. The number of hydrogen-bond acceptors (Lipinski definition) is 17. The molecule has 4 aliphatic carbocycles. The van der Waals surface area contributed by atoms with Crippen molar-refractivity contribution in [2.75, 3.05) is 120 Å². The second kappa shape index (κ2) is 44.5. The van der Waals surface area contributed by atoms with Crippen LogP contribution in [0.3, 0.4) is 0 Å². The summed E-state index contributed by atoms with van der Waals surface area (Å²) in [5, 5.41) is 4.32. The summed E-state index contributed by atoms with van der Waals surface area (Å²) in [6, 6.07) is 89.6. The lowest BCUT2D eigenvalue weighted by atomic mass is 9.94. The number of methoxy groups -OCH3 is 2. The van der Waals surface area contributed by atoms with Gasteiger partial charge in [-0.15, -0.1) is 0 Å². The van der Waals surface area contributed by atoms with Gasteiger partial charge in [0.25, 0.3) is 0 Å². The van der Waals surface area contributed by atoms with Gasteiger partial charge >= 0.3 is 0 Å². The van der Waals surface area contributed by atoms with E-state index in [1.807, 2.05) is 164 Å². The molecule has 4 saturated carbocycles. The Morgan fingerprint density at radius 2 is 0.830 bits per heavy atom. The number of piperidine rings is 1. The quantitative estimate of drug-likeness (QED) is 0.0169. The summed E-state index contributed by atoms with van der Waals surface area (Å²) in [6.07, 6.45) is 25.5. The van der Waals surface area contributed by atoms with Crippen LogP contribution >= 0.6 is 0 Å². The van der Waals surface area contributed by atoms with Crippen LogP contribution in [-0.4, -0.2) is 135 Å². The normalized spacial score (nSPS) is 14.7. The standard InChI is InChI=1S/C32H35N3O2.C31H31N3O.C30H31N3O2.C30H30N2O2/c33-30-10-8-25(24-4-2-1-3-5-24)19-27(30)21-32(36)26-9-11-31-29(20-26)28(18-23-6-7-23)22-35(31)13-12-34-14-16-37-17-15-34;32-28-14-12-23(21-7-3-1-4-8-21)17-25(28)19-29(35)26-18-24-11-13-27(22-9-10-22)31(30(24)33-20-26)34-15-5-2-6-16-34;1-33(14-15-35-2)27-13-11-23-17-25(19-32-30(23)29(27)21-8-9-21)28(34)18-24-16-22(10-12-26(24)31)20-6-4-3-5-7-20;1-34-15-5-8-21-11-12-24-17-26(19-32-30(24)29(21)22-9-10-22)28(33)18-25-16-23(13-14-27(25)31)20-6-3-2-4-7-20/h1-5,8-11,19-20,22-23H,6-7,12-18,21,33H2;1,3-4,7-8,11-14,17-18,20,22H,2,5-6,9-10,15-16,19,32H2;3-7,10-13,16-17,19,21H,8-9,14-15,18,31H2,1-2H3;2-4,6-7,11-14,16-17,19,22H,5,8-10,15,18,31H2,1H3. The Bertz CT molecular complexity index is 7180. The molecule has 141 heavy (non-hydrogen) atoms. The third-order valence-electron chi connectivity index (χ3n) is 28.8. The van der Waals surface area contributed by atoms with E-state index in [1.54, 1.807) is 32.8 Å². The number of carbonyl (C=O) groups is 4. The molecule has 0 spiro atoms. The van der Waals surface area contributed by atoms with Crippen molar-refractivity contribution in [1.29, 1.82) is 0 Å². The van der Waals surface area contributed by atoms with E-state index >= 15 is 0 Å². The molecule has 0 radical (unpaired) electrons. The highest BCUT2D eigenvalue weighted by molar-refractivity contribution is 6.06. The molecule has 0 atom stereocenters. The van der Waals surface area contributed by atoms with E-state index < -0.39 is 0 Å². The maximum atomic E-state index is 13.5. The number of aromatic nitrogens is 4. The monoisotopic (exact) mass is 1870 g/mol. The van der Waals surface area contributed by atoms with Crippen molar-refractivity contribution in [3.05, 3.63) is 364 Å². The number of Topliss-reactive ketones (excluding diaryl/α,β-unsaturated/α-hetero) is 4. The SMILES string of the molecule is COCCCc1ccc2cc(C(=O)Cc3cc(-c4ccccc4)ccc3N)cnc2c1C1CC1.COCCN(C)c1ccc2cc(C(=O)Cc3cc(-c4ccccc4)ccc3N)cnc2c1C1CC1.Nc1ccc(-c2ccccc2)cc1CC(=O)c1ccc2c(c1)c(CC1CC1)cn2CCN1CCOCC1.Nc1ccc(-c2ccccc2)cc1CC(=O)c1cnc2c(N3CCCCC3)c(C3CC3)ccc2c1. The van der Waals surface area contributed by atoms with Crippen molar-refractivity contribution < 1.29 is 33.4 Å². The molecule has 0 unspecified atom stereocenters. The van der Waals surface area contributed by atoms with E-state index in [0.717, 1.165) is 196 Å². The summed E-state index contributed by atoms with van der Waals surface area (Å²) < 4.78 is 18.4. The number of pyridine rings is 3. The Morgan fingerprint density at radius 3 is 1.29 bits per heavy atom. The molecule has 6 fully saturated rings. The lowest BCUT2D eigenvalue weighted by Gasteiger charge is -2.31. The van der Waals surface area contributed by atoms with E-state index in [2.05, 4.69) is 136 Å². The fraction of sp³-hybridized carbons (Fsp3) is 0.293. The first-order valence-electron chi connectivity index (χ1n) is 50.5. The highest BCUT2D eigenvalue weighted by atomic mass is 16.5. The molecule has 18 nitrogen and oxygen atoms in total. The highest BCUT2D eigenvalue weighted by Gasteiger charge is 2.34. The first-order valence-corrected chi connectivity index (χ1v) is 50.5. The minimum atomic E-state index is 0.0190. The van der Waals surface area contributed by atoms with Crippen LogP contribution in [0.5, 0.6) is 0 Å². The number of likely N-dealkylation sites (N-methyl/N-ethyl adjacent to an activating group) is 1. The molecule has 2 aliphatic heterocycles. The van der Waals surface area contributed by atoms with Gasteiger partial charge in [0.15, 0.2) is 23.1 Å². The van der Waals surface area contributed by atoms with Crippen LogP contribution in [-0.2, 0) is 59.3 Å². The molecular weight excluding hydrogens is 1740 g/mol. The zero-order valence-electron chi connectivity index (χ0n) is 81.3. The Morgan fingerprint density at radius 1 is 0.397 bits per heavy atom. The minimum absolute atomic E-state index is 0.0190. The molecule has 2 saturated heterocycles. The highest BCUT2D eigenvalue weighted by Crippen LogP contribution is 2.50. The van der Waals surface area contributed by atoms with Crippen molar-refractivity contribution in [3.63, 3.8) is 0 Å². The molecule has 4 aromatic heterocycles. The molecule has 22 rings (SSSR count). The Kier molecular flexibility index (Phi) is 30.2. The van der Waals surface area contributed by atoms with E-state index in [0.29, 0.717) is 70.2 Å². The number of benzene rings is 12. The minimum Gasteiger partial charge on any atom is -0.398 e. The Balaban J connectivity index is 0.000000120. The predicted octanol–water partition coefficient (Wildman–Crippen LogP) is 24.6. The lowest BCUT2D eigenvalue weighted by molar-refractivity contribution is 0.0365. The number of nitrogens with zero attached hydrogens (tertiary/aromatic N) is 7. The summed E-state index contributed by atoms with van der Waals surface area (Å²) in [4.78, 5) is 75.0. The predicted molar refractivity (Wildman–Crippen MR) is 575 cm³/mol. The number of rotatable bonds is 33. The van der Waals surface area contributed by atoms with Crippen LogP contribution in [0.25, 0.3) is 88.1 Å². The van der Waals surface area contributed by atoms with Crippen molar-refractivity contribution in [1.82, 2.24) is 24.4 Å². The first-order chi connectivity index (χ1) is 69.0. The number of anilines is 6. The maximum Gasteiger partial charge on any atom is 0.168 e. The zero-order valence-corrected chi connectivity index (χ0v) is 81.3. The van der Waals surface area contributed by atoms with Crippen molar-refractivity contribution in [2.45, 2.75) is 140 Å².